The van der Waals surface area contributed by atoms with Gasteiger partial charge in [-0.05, 0) is 43.2 Å². The molecule has 140 valence electrons. The Kier molecular flexibility index (Phi) is 4.35. The van der Waals surface area contributed by atoms with E-state index in [0.717, 1.165) is 12.8 Å². The zero-order valence-corrected chi connectivity index (χ0v) is 14.4. The fraction of sp³-hybridized carbons (Fsp3) is 0.333. The molecule has 2 N–H and O–H groups in total. The Morgan fingerprint density at radius 2 is 1.85 bits per heavy atom. The summed E-state index contributed by atoms with van der Waals surface area (Å²) in [5.74, 6) is -2.12. The number of hydrogen-bond acceptors (Lipinski definition) is 4. The van der Waals surface area contributed by atoms with Crippen molar-refractivity contribution in [2.24, 2.45) is 0 Å². The topological polar surface area (TPSA) is 96.3 Å². The highest BCUT2D eigenvalue weighted by Gasteiger charge is 2.29. The molecule has 0 spiro atoms. The van der Waals surface area contributed by atoms with Gasteiger partial charge in [-0.3, -0.25) is 19.1 Å². The quantitative estimate of drug-likeness (QED) is 0.784. The number of benzene rings is 1. The number of aromatic nitrogens is 2. The van der Waals surface area contributed by atoms with E-state index in [1.54, 1.807) is 10.7 Å². The third kappa shape index (κ3) is 3.81. The van der Waals surface area contributed by atoms with Crippen molar-refractivity contribution in [3.8, 4) is 0 Å². The number of carbonyl (C=O) groups is 3. The van der Waals surface area contributed by atoms with Crippen LogP contribution in [0.4, 0.5) is 10.1 Å². The second-order valence-corrected chi connectivity index (χ2v) is 6.68. The van der Waals surface area contributed by atoms with Crippen LogP contribution in [0.25, 0.3) is 0 Å². The van der Waals surface area contributed by atoms with E-state index >= 15 is 0 Å². The molecule has 2 aromatic rings. The third-order valence-corrected chi connectivity index (χ3v) is 4.53. The molecule has 3 amide bonds. The molecular formula is C18H18FN5O3. The number of halogens is 1. The van der Waals surface area contributed by atoms with Gasteiger partial charge in [0.2, 0.25) is 0 Å². The van der Waals surface area contributed by atoms with Crippen molar-refractivity contribution in [3.63, 3.8) is 0 Å². The lowest BCUT2D eigenvalue weighted by molar-refractivity contribution is -0.144. The fourth-order valence-corrected chi connectivity index (χ4v) is 2.90. The van der Waals surface area contributed by atoms with Crippen LogP contribution in [-0.4, -0.2) is 45.0 Å². The Bertz CT molecular complexity index is 904. The second kappa shape index (κ2) is 6.82. The first kappa shape index (κ1) is 17.2. The molecule has 1 fully saturated rings. The molecule has 0 unspecified atom stereocenters. The maximum Gasteiger partial charge on any atom is 0.313 e. The van der Waals surface area contributed by atoms with Crippen LogP contribution in [0, 0.1) is 5.82 Å². The van der Waals surface area contributed by atoms with Crippen LogP contribution in [-0.2, 0) is 22.7 Å². The molecule has 1 aliphatic carbocycles. The summed E-state index contributed by atoms with van der Waals surface area (Å²) in [7, 11) is 0. The SMILES string of the molecule is O=C(Nc1ccc(F)cc1)C(=O)N1CCn2nc(C(=O)NC3CC3)cc2C1. The zero-order valence-electron chi connectivity index (χ0n) is 14.4. The minimum absolute atomic E-state index is 0.194. The summed E-state index contributed by atoms with van der Waals surface area (Å²) in [6.07, 6.45) is 1.98. The minimum atomic E-state index is -0.790. The van der Waals surface area contributed by atoms with Gasteiger partial charge in [-0.25, -0.2) is 4.39 Å². The smallest absolute Gasteiger partial charge is 0.313 e. The molecule has 8 nitrogen and oxygen atoms in total. The minimum Gasteiger partial charge on any atom is -0.348 e. The predicted molar refractivity (Wildman–Crippen MR) is 93.2 cm³/mol. The van der Waals surface area contributed by atoms with E-state index in [2.05, 4.69) is 15.7 Å². The van der Waals surface area contributed by atoms with Crippen molar-refractivity contribution in [2.75, 3.05) is 11.9 Å². The van der Waals surface area contributed by atoms with Gasteiger partial charge in [-0.2, -0.15) is 5.10 Å². The van der Waals surface area contributed by atoms with Gasteiger partial charge in [0, 0.05) is 18.3 Å². The Hall–Kier alpha value is -3.23. The van der Waals surface area contributed by atoms with Crippen molar-refractivity contribution in [1.82, 2.24) is 20.0 Å². The number of fused-ring (bicyclic) bond motifs is 1. The van der Waals surface area contributed by atoms with Gasteiger partial charge in [0.05, 0.1) is 18.8 Å². The highest BCUT2D eigenvalue weighted by atomic mass is 19.1. The van der Waals surface area contributed by atoms with Crippen molar-refractivity contribution in [3.05, 3.63) is 47.5 Å². The first-order chi connectivity index (χ1) is 13.0. The molecule has 9 heteroatoms. The Balaban J connectivity index is 1.40. The number of amides is 3. The highest BCUT2D eigenvalue weighted by molar-refractivity contribution is 6.39. The number of carbonyl (C=O) groups excluding carboxylic acids is 3. The van der Waals surface area contributed by atoms with Crippen molar-refractivity contribution < 1.29 is 18.8 Å². The summed E-state index contributed by atoms with van der Waals surface area (Å²) in [6.45, 7) is 0.912. The fourth-order valence-electron chi connectivity index (χ4n) is 2.90. The first-order valence-corrected chi connectivity index (χ1v) is 8.73. The van der Waals surface area contributed by atoms with E-state index in [4.69, 9.17) is 0 Å². The summed E-state index contributed by atoms with van der Waals surface area (Å²) >= 11 is 0. The third-order valence-electron chi connectivity index (χ3n) is 4.53. The van der Waals surface area contributed by atoms with Crippen LogP contribution >= 0.6 is 0 Å². The van der Waals surface area contributed by atoms with E-state index in [0.29, 0.717) is 30.2 Å². The van der Waals surface area contributed by atoms with E-state index in [1.807, 2.05) is 0 Å². The maximum atomic E-state index is 12.9. The summed E-state index contributed by atoms with van der Waals surface area (Å²) in [5, 5.41) is 9.61. The zero-order chi connectivity index (χ0) is 19.0. The van der Waals surface area contributed by atoms with Crippen LogP contribution in [0.15, 0.2) is 30.3 Å². The summed E-state index contributed by atoms with van der Waals surface area (Å²) in [4.78, 5) is 38.1. The molecule has 27 heavy (non-hydrogen) atoms. The van der Waals surface area contributed by atoms with Crippen molar-refractivity contribution in [2.45, 2.75) is 32.0 Å². The summed E-state index contributed by atoms with van der Waals surface area (Å²) in [5.41, 5.74) is 1.36. The lowest BCUT2D eigenvalue weighted by Crippen LogP contribution is -2.44. The molecule has 2 heterocycles. The molecule has 1 saturated carbocycles. The molecule has 1 aromatic heterocycles. The first-order valence-electron chi connectivity index (χ1n) is 8.73. The van der Waals surface area contributed by atoms with Gasteiger partial charge in [0.25, 0.3) is 5.91 Å². The van der Waals surface area contributed by atoms with Crippen LogP contribution in [0.3, 0.4) is 0 Å². The molecule has 1 aliphatic heterocycles. The number of nitrogens with one attached hydrogen (secondary N) is 2. The van der Waals surface area contributed by atoms with Crippen molar-refractivity contribution >= 4 is 23.4 Å². The molecule has 0 saturated heterocycles. The lowest BCUT2D eigenvalue weighted by atomic mass is 10.2. The molecule has 0 bridgehead atoms. The van der Waals surface area contributed by atoms with Gasteiger partial charge >= 0.3 is 11.8 Å². The average molecular weight is 371 g/mol. The average Bonchev–Trinajstić information content (AvgIpc) is 3.37. The normalized spacial score (nSPS) is 15.8. The monoisotopic (exact) mass is 371 g/mol. The molecule has 2 aliphatic rings. The number of rotatable bonds is 3. The maximum absolute atomic E-state index is 12.9. The number of hydrogen-bond donors (Lipinski definition) is 2. The molecule has 4 rings (SSSR count). The van der Waals surface area contributed by atoms with Gasteiger partial charge in [0.1, 0.15) is 5.82 Å². The van der Waals surface area contributed by atoms with E-state index in [-0.39, 0.29) is 18.5 Å². The van der Waals surface area contributed by atoms with Gasteiger partial charge < -0.3 is 15.5 Å². The Morgan fingerprint density at radius 1 is 1.11 bits per heavy atom. The van der Waals surface area contributed by atoms with Gasteiger partial charge in [0.15, 0.2) is 5.69 Å². The van der Waals surface area contributed by atoms with Crippen LogP contribution in [0.2, 0.25) is 0 Å². The van der Waals surface area contributed by atoms with E-state index in [9.17, 15) is 18.8 Å². The molecule has 0 atom stereocenters. The van der Waals surface area contributed by atoms with Gasteiger partial charge in [-0.15, -0.1) is 0 Å². The lowest BCUT2D eigenvalue weighted by Gasteiger charge is -2.27. The summed E-state index contributed by atoms with van der Waals surface area (Å²) < 4.78 is 14.6. The molecule has 1 aromatic carbocycles. The van der Waals surface area contributed by atoms with Crippen LogP contribution in [0.5, 0.6) is 0 Å². The molecule has 0 radical (unpaired) electrons. The predicted octanol–water partition coefficient (Wildman–Crippen LogP) is 0.895. The van der Waals surface area contributed by atoms with Gasteiger partial charge in [-0.1, -0.05) is 0 Å². The Labute approximate surface area is 154 Å². The van der Waals surface area contributed by atoms with E-state index in [1.165, 1.54) is 29.2 Å². The number of nitrogens with zero attached hydrogens (tertiary/aromatic N) is 3. The summed E-state index contributed by atoms with van der Waals surface area (Å²) in [6, 6.07) is 7.06. The largest absolute Gasteiger partial charge is 0.348 e. The highest BCUT2D eigenvalue weighted by Crippen LogP contribution is 2.20. The van der Waals surface area contributed by atoms with E-state index < -0.39 is 17.6 Å². The molecular weight excluding hydrogens is 353 g/mol. The van der Waals surface area contributed by atoms with Crippen LogP contribution < -0.4 is 10.6 Å². The van der Waals surface area contributed by atoms with Crippen molar-refractivity contribution in [1.29, 1.82) is 0 Å². The second-order valence-electron chi connectivity index (χ2n) is 6.68. The standard InChI is InChI=1S/C18H18FN5O3/c19-11-1-3-12(4-2-11)21-17(26)18(27)23-7-8-24-14(10-23)9-15(22-24)16(25)20-13-5-6-13/h1-4,9,13H,5-8,10H2,(H,20,25)(H,21,26). The number of anilines is 1. The van der Waals surface area contributed by atoms with Crippen LogP contribution in [0.1, 0.15) is 29.0 Å². The Morgan fingerprint density at radius 3 is 2.56 bits per heavy atom.